The van der Waals surface area contributed by atoms with Crippen LogP contribution < -0.4 is 5.32 Å². The summed E-state index contributed by atoms with van der Waals surface area (Å²) in [7, 11) is 0. The average molecular weight is 337 g/mol. The Hall–Kier alpha value is -0.660. The second-order valence-electron chi connectivity index (χ2n) is 7.88. The fraction of sp³-hybridized carbons (Fsp3) is 0.909. The number of unbranched alkanes of at least 4 members (excludes halogenated alkanes) is 2. The van der Waals surface area contributed by atoms with Gasteiger partial charge in [0.1, 0.15) is 0 Å². The van der Waals surface area contributed by atoms with Gasteiger partial charge in [-0.1, -0.05) is 79.6 Å². The molecule has 1 rings (SSSR count). The second kappa shape index (κ2) is 11.8. The van der Waals surface area contributed by atoms with Gasteiger partial charge in [-0.15, -0.1) is 0 Å². The molecule has 0 aromatic carbocycles. The summed E-state index contributed by atoms with van der Waals surface area (Å²) in [5.41, 5.74) is 0.333. The van der Waals surface area contributed by atoms with Crippen LogP contribution in [-0.4, -0.2) is 23.5 Å². The van der Waals surface area contributed by atoms with E-state index in [2.05, 4.69) is 50.9 Å². The predicted molar refractivity (Wildman–Crippen MR) is 108 cm³/mol. The van der Waals surface area contributed by atoms with Crippen LogP contribution in [0.15, 0.2) is 11.9 Å². The summed E-state index contributed by atoms with van der Waals surface area (Å²) in [4.78, 5) is 2.67. The van der Waals surface area contributed by atoms with Crippen molar-refractivity contribution in [3.8, 4) is 0 Å². The van der Waals surface area contributed by atoms with E-state index in [1.807, 2.05) is 0 Å². The normalized spacial score (nSPS) is 19.7. The summed E-state index contributed by atoms with van der Waals surface area (Å²) in [6, 6.07) is 0. The maximum atomic E-state index is 3.99. The summed E-state index contributed by atoms with van der Waals surface area (Å²) in [5, 5.41) is 3.99. The summed E-state index contributed by atoms with van der Waals surface area (Å²) in [6.07, 6.45) is 16.9. The molecule has 0 spiro atoms. The van der Waals surface area contributed by atoms with Crippen LogP contribution in [0.2, 0.25) is 0 Å². The van der Waals surface area contributed by atoms with Crippen LogP contribution in [0.25, 0.3) is 0 Å². The molecule has 2 nitrogen and oxygen atoms in total. The lowest BCUT2D eigenvalue weighted by molar-refractivity contribution is 0.268. The molecule has 1 atom stereocenters. The zero-order chi connectivity index (χ0) is 17.8. The number of nitrogens with one attached hydrogen (secondary N) is 1. The Morgan fingerprint density at radius 1 is 1.00 bits per heavy atom. The first-order valence-corrected chi connectivity index (χ1v) is 10.9. The summed E-state index contributed by atoms with van der Waals surface area (Å²) < 4.78 is 0. The smallest absolute Gasteiger partial charge is 0.0977 e. The molecule has 1 saturated heterocycles. The monoisotopic (exact) mass is 336 g/mol. The van der Waals surface area contributed by atoms with E-state index >= 15 is 0 Å². The third-order valence-corrected chi connectivity index (χ3v) is 5.72. The largest absolute Gasteiger partial charge is 0.365 e. The molecule has 0 radical (unpaired) electrons. The molecule has 0 aromatic rings. The summed E-state index contributed by atoms with van der Waals surface area (Å²) >= 11 is 0. The number of nitrogens with zero attached hydrogens (tertiary/aromatic N) is 1. The van der Waals surface area contributed by atoms with Crippen molar-refractivity contribution >= 4 is 0 Å². The lowest BCUT2D eigenvalue weighted by Crippen LogP contribution is -2.42. The summed E-state index contributed by atoms with van der Waals surface area (Å²) in [6.45, 7) is 14.0. The van der Waals surface area contributed by atoms with Gasteiger partial charge in [0.05, 0.1) is 11.4 Å². The molecule has 0 amide bonds. The first kappa shape index (κ1) is 21.4. The van der Waals surface area contributed by atoms with Gasteiger partial charge in [0, 0.05) is 13.1 Å². The lowest BCUT2D eigenvalue weighted by atomic mass is 9.87. The van der Waals surface area contributed by atoms with Crippen LogP contribution in [0.1, 0.15) is 105 Å². The molecule has 1 unspecified atom stereocenters. The van der Waals surface area contributed by atoms with E-state index < -0.39 is 0 Å². The summed E-state index contributed by atoms with van der Waals surface area (Å²) in [5.74, 6) is 2.33. The van der Waals surface area contributed by atoms with Crippen molar-refractivity contribution in [2.24, 2.45) is 5.92 Å². The van der Waals surface area contributed by atoms with Crippen molar-refractivity contribution in [3.63, 3.8) is 0 Å². The van der Waals surface area contributed by atoms with Crippen LogP contribution in [0.5, 0.6) is 0 Å². The molecule has 142 valence electrons. The highest BCUT2D eigenvalue weighted by Gasteiger charge is 2.38. The van der Waals surface area contributed by atoms with E-state index in [1.54, 1.807) is 0 Å². The van der Waals surface area contributed by atoms with E-state index in [0.29, 0.717) is 5.54 Å². The van der Waals surface area contributed by atoms with E-state index in [-0.39, 0.29) is 0 Å². The van der Waals surface area contributed by atoms with E-state index in [0.717, 1.165) is 12.3 Å². The minimum Gasteiger partial charge on any atom is -0.365 e. The predicted octanol–water partition coefficient (Wildman–Crippen LogP) is 6.48. The molecule has 24 heavy (non-hydrogen) atoms. The van der Waals surface area contributed by atoms with Gasteiger partial charge >= 0.3 is 0 Å². The van der Waals surface area contributed by atoms with Gasteiger partial charge < -0.3 is 10.2 Å². The van der Waals surface area contributed by atoms with Crippen LogP contribution in [-0.2, 0) is 0 Å². The van der Waals surface area contributed by atoms with Crippen molar-refractivity contribution in [1.82, 2.24) is 10.2 Å². The van der Waals surface area contributed by atoms with E-state index in [9.17, 15) is 0 Å². The Morgan fingerprint density at radius 3 is 2.17 bits per heavy atom. The van der Waals surface area contributed by atoms with Crippen molar-refractivity contribution < 1.29 is 0 Å². The quantitative estimate of drug-likeness (QED) is 0.414. The molecular formula is C22H44N2. The van der Waals surface area contributed by atoms with Gasteiger partial charge in [-0.3, -0.25) is 0 Å². The Balaban J connectivity index is 2.75. The minimum atomic E-state index is 0.333. The molecule has 0 bridgehead atoms. The SMILES string of the molecule is CC/C=C1/NC(CCCC)(CCCC)CN1CCC(CC)CCC. The molecular weight excluding hydrogens is 292 g/mol. The maximum Gasteiger partial charge on any atom is 0.0977 e. The molecule has 1 heterocycles. The van der Waals surface area contributed by atoms with Crippen molar-refractivity contribution in [1.29, 1.82) is 0 Å². The standard InChI is InChI=1S/C22H44N2/c1-6-11-16-22(17-12-7-2)19-24(21(23-22)14-9-4)18-15-20(10-5)13-8-3/h14,20,23H,6-13,15-19H2,1-5H3/b21-14-. The first-order valence-electron chi connectivity index (χ1n) is 10.9. The van der Waals surface area contributed by atoms with Crippen molar-refractivity contribution in [2.45, 2.75) is 111 Å². The van der Waals surface area contributed by atoms with Gasteiger partial charge in [0.2, 0.25) is 0 Å². The highest BCUT2D eigenvalue weighted by molar-refractivity contribution is 5.14. The maximum absolute atomic E-state index is 3.99. The van der Waals surface area contributed by atoms with Crippen LogP contribution in [0.4, 0.5) is 0 Å². The van der Waals surface area contributed by atoms with Gasteiger partial charge in [0.15, 0.2) is 0 Å². The zero-order valence-electron chi connectivity index (χ0n) is 17.3. The van der Waals surface area contributed by atoms with Crippen LogP contribution in [0.3, 0.4) is 0 Å². The number of allylic oxidation sites excluding steroid dienone is 1. The third kappa shape index (κ3) is 6.69. The fourth-order valence-corrected chi connectivity index (χ4v) is 4.15. The number of rotatable bonds is 13. The van der Waals surface area contributed by atoms with E-state index in [1.165, 1.54) is 83.1 Å². The molecule has 1 N–H and O–H groups in total. The van der Waals surface area contributed by atoms with Crippen molar-refractivity contribution in [2.75, 3.05) is 13.1 Å². The highest BCUT2D eigenvalue weighted by atomic mass is 15.3. The third-order valence-electron chi connectivity index (χ3n) is 5.72. The van der Waals surface area contributed by atoms with Crippen molar-refractivity contribution in [3.05, 3.63) is 11.9 Å². The topological polar surface area (TPSA) is 15.3 Å². The molecule has 0 aromatic heterocycles. The highest BCUT2D eigenvalue weighted by Crippen LogP contribution is 2.32. The lowest BCUT2D eigenvalue weighted by Gasteiger charge is -2.29. The van der Waals surface area contributed by atoms with Gasteiger partial charge in [-0.25, -0.2) is 0 Å². The Morgan fingerprint density at radius 2 is 1.67 bits per heavy atom. The molecule has 1 aliphatic rings. The van der Waals surface area contributed by atoms with Gasteiger partial charge in [-0.05, 0) is 37.7 Å². The van der Waals surface area contributed by atoms with Crippen LogP contribution >= 0.6 is 0 Å². The average Bonchev–Trinajstić information content (AvgIpc) is 2.93. The molecule has 0 saturated carbocycles. The number of hydrogen-bond acceptors (Lipinski definition) is 2. The Bertz CT molecular complexity index is 340. The van der Waals surface area contributed by atoms with Gasteiger partial charge in [-0.2, -0.15) is 0 Å². The molecule has 2 heteroatoms. The molecule has 0 aliphatic carbocycles. The van der Waals surface area contributed by atoms with Crippen LogP contribution in [0, 0.1) is 5.92 Å². The molecule has 1 fully saturated rings. The minimum absolute atomic E-state index is 0.333. The Kier molecular flexibility index (Phi) is 10.5. The fourth-order valence-electron chi connectivity index (χ4n) is 4.15. The van der Waals surface area contributed by atoms with E-state index in [4.69, 9.17) is 0 Å². The molecule has 1 aliphatic heterocycles. The first-order chi connectivity index (χ1) is 11.6. The second-order valence-corrected chi connectivity index (χ2v) is 7.88. The zero-order valence-corrected chi connectivity index (χ0v) is 17.3. The Labute approximate surface area is 152 Å². The number of hydrogen-bond donors (Lipinski definition) is 1. The van der Waals surface area contributed by atoms with Gasteiger partial charge in [0.25, 0.3) is 0 Å².